The summed E-state index contributed by atoms with van der Waals surface area (Å²) in [5.74, 6) is -2.88. The molecule has 0 fully saturated rings. The Morgan fingerprint density at radius 1 is 1.15 bits per heavy atom. The predicted molar refractivity (Wildman–Crippen MR) is 69.8 cm³/mol. The molecule has 0 N–H and O–H groups in total. The van der Waals surface area contributed by atoms with Crippen LogP contribution in [0.3, 0.4) is 0 Å². The summed E-state index contributed by atoms with van der Waals surface area (Å²) in [6.45, 7) is 0. The smallest absolute Gasteiger partial charge is 0.310 e. The van der Waals surface area contributed by atoms with Gasteiger partial charge in [0, 0.05) is 10.4 Å². The van der Waals surface area contributed by atoms with E-state index in [1.165, 1.54) is 13.2 Å². The molecule has 0 atom stereocenters. The molecule has 1 aromatic heterocycles. The van der Waals surface area contributed by atoms with Crippen LogP contribution in [-0.4, -0.2) is 18.9 Å². The highest BCUT2D eigenvalue weighted by Gasteiger charge is 2.15. The van der Waals surface area contributed by atoms with Gasteiger partial charge in [-0.15, -0.1) is 11.3 Å². The fourth-order valence-electron chi connectivity index (χ4n) is 1.59. The van der Waals surface area contributed by atoms with Gasteiger partial charge >= 0.3 is 5.97 Å². The maximum atomic E-state index is 13.1. The van der Waals surface area contributed by atoms with E-state index in [1.807, 2.05) is 0 Å². The van der Waals surface area contributed by atoms with Crippen LogP contribution in [0.2, 0.25) is 0 Å². The number of thiophene rings is 1. The van der Waals surface area contributed by atoms with Gasteiger partial charge in [-0.25, -0.2) is 8.78 Å². The zero-order valence-electron chi connectivity index (χ0n) is 10.5. The quantitative estimate of drug-likeness (QED) is 0.643. The summed E-state index contributed by atoms with van der Waals surface area (Å²) in [4.78, 5) is 24.2. The van der Waals surface area contributed by atoms with Gasteiger partial charge in [0.15, 0.2) is 11.6 Å². The van der Waals surface area contributed by atoms with E-state index >= 15 is 0 Å². The van der Waals surface area contributed by atoms with Crippen LogP contribution in [0.25, 0.3) is 0 Å². The normalized spacial score (nSPS) is 10.3. The summed E-state index contributed by atoms with van der Waals surface area (Å²) < 4.78 is 30.4. The number of ketones is 1. The van der Waals surface area contributed by atoms with Crippen LogP contribution in [0.15, 0.2) is 30.3 Å². The third-order valence-electron chi connectivity index (χ3n) is 2.61. The molecular formula is C14H10F2O3S. The number of halogens is 2. The van der Waals surface area contributed by atoms with Crippen LogP contribution in [0.4, 0.5) is 8.78 Å². The molecule has 20 heavy (non-hydrogen) atoms. The fourth-order valence-corrected chi connectivity index (χ4v) is 2.54. The lowest BCUT2D eigenvalue weighted by atomic mass is 10.1. The largest absolute Gasteiger partial charge is 0.469 e. The summed E-state index contributed by atoms with van der Waals surface area (Å²) in [6, 6.07) is 6.17. The summed E-state index contributed by atoms with van der Waals surface area (Å²) in [6.07, 6.45) is 0.0756. The number of rotatable bonds is 4. The Morgan fingerprint density at radius 2 is 1.90 bits per heavy atom. The van der Waals surface area contributed by atoms with Gasteiger partial charge in [0.2, 0.25) is 5.78 Å². The average Bonchev–Trinajstić information content (AvgIpc) is 2.89. The van der Waals surface area contributed by atoms with Gasteiger partial charge in [-0.05, 0) is 30.3 Å². The first-order chi connectivity index (χ1) is 9.51. The molecule has 0 unspecified atom stereocenters. The topological polar surface area (TPSA) is 43.4 Å². The van der Waals surface area contributed by atoms with Crippen LogP contribution in [0, 0.1) is 11.6 Å². The van der Waals surface area contributed by atoms with E-state index in [-0.39, 0.29) is 12.0 Å². The van der Waals surface area contributed by atoms with Crippen molar-refractivity contribution in [3.63, 3.8) is 0 Å². The number of ether oxygens (including phenoxy) is 1. The Labute approximate surface area is 117 Å². The third kappa shape index (κ3) is 3.08. The van der Waals surface area contributed by atoms with Crippen LogP contribution in [0.1, 0.15) is 20.1 Å². The average molecular weight is 296 g/mol. The first-order valence-electron chi connectivity index (χ1n) is 5.66. The maximum absolute atomic E-state index is 13.1. The lowest BCUT2D eigenvalue weighted by molar-refractivity contribution is -0.139. The molecular weight excluding hydrogens is 286 g/mol. The summed E-state index contributed by atoms with van der Waals surface area (Å²) >= 11 is 1.12. The Kier molecular flexibility index (Phi) is 4.24. The van der Waals surface area contributed by atoms with Crippen molar-refractivity contribution in [1.82, 2.24) is 0 Å². The summed E-state index contributed by atoms with van der Waals surface area (Å²) in [5.41, 5.74) is 0.0652. The zero-order valence-corrected chi connectivity index (χ0v) is 11.3. The van der Waals surface area contributed by atoms with Gasteiger partial charge in [0.05, 0.1) is 18.4 Å². The van der Waals surface area contributed by atoms with Crippen molar-refractivity contribution in [3.8, 4) is 0 Å². The molecule has 0 saturated heterocycles. The van der Waals surface area contributed by atoms with Gasteiger partial charge in [-0.1, -0.05) is 0 Å². The minimum absolute atomic E-state index is 0.0652. The Balaban J connectivity index is 2.21. The molecule has 0 aliphatic heterocycles. The molecule has 0 radical (unpaired) electrons. The Morgan fingerprint density at radius 3 is 2.55 bits per heavy atom. The van der Waals surface area contributed by atoms with Crippen molar-refractivity contribution in [2.24, 2.45) is 0 Å². The van der Waals surface area contributed by atoms with E-state index in [9.17, 15) is 18.4 Å². The van der Waals surface area contributed by atoms with E-state index < -0.39 is 23.4 Å². The molecule has 0 aliphatic carbocycles. The number of carbonyl (C=O) groups is 2. The van der Waals surface area contributed by atoms with Crippen molar-refractivity contribution in [2.75, 3.05) is 7.11 Å². The van der Waals surface area contributed by atoms with Crippen molar-refractivity contribution in [2.45, 2.75) is 6.42 Å². The molecule has 6 heteroatoms. The summed E-state index contributed by atoms with van der Waals surface area (Å²) in [5, 5.41) is 0. The minimum Gasteiger partial charge on any atom is -0.469 e. The lowest BCUT2D eigenvalue weighted by Gasteiger charge is -1.99. The number of esters is 1. The molecule has 0 amide bonds. The minimum atomic E-state index is -1.07. The molecule has 3 nitrogen and oxygen atoms in total. The Bertz CT molecular complexity index is 664. The highest BCUT2D eigenvalue weighted by atomic mass is 32.1. The van der Waals surface area contributed by atoms with Gasteiger partial charge in [-0.2, -0.15) is 0 Å². The molecule has 1 heterocycles. The van der Waals surface area contributed by atoms with Crippen LogP contribution >= 0.6 is 11.3 Å². The van der Waals surface area contributed by atoms with Gasteiger partial charge in [0.25, 0.3) is 0 Å². The monoisotopic (exact) mass is 296 g/mol. The van der Waals surface area contributed by atoms with Gasteiger partial charge in [-0.3, -0.25) is 9.59 Å². The molecule has 0 saturated carbocycles. The zero-order chi connectivity index (χ0) is 14.7. The van der Waals surface area contributed by atoms with Gasteiger partial charge in [0.1, 0.15) is 0 Å². The number of carbonyl (C=O) groups excluding carboxylic acids is 2. The molecule has 0 aliphatic rings. The summed E-state index contributed by atoms with van der Waals surface area (Å²) in [7, 11) is 1.28. The molecule has 2 rings (SSSR count). The highest BCUT2D eigenvalue weighted by Crippen LogP contribution is 2.21. The van der Waals surface area contributed by atoms with E-state index in [0.717, 1.165) is 23.5 Å². The number of hydrogen-bond acceptors (Lipinski definition) is 4. The molecule has 0 bridgehead atoms. The number of methoxy groups -OCH3 is 1. The first kappa shape index (κ1) is 14.3. The standard InChI is InChI=1S/C14H10F2O3S/c1-19-13(17)7-9-3-5-12(20-9)14(18)8-2-4-10(15)11(16)6-8/h2-6H,7H2,1H3. The lowest BCUT2D eigenvalue weighted by Crippen LogP contribution is -2.02. The highest BCUT2D eigenvalue weighted by molar-refractivity contribution is 7.14. The molecule has 104 valence electrons. The van der Waals surface area contributed by atoms with Crippen molar-refractivity contribution in [3.05, 3.63) is 57.3 Å². The Hall–Kier alpha value is -2.08. The van der Waals surface area contributed by atoms with E-state index in [0.29, 0.717) is 9.75 Å². The van der Waals surface area contributed by atoms with Crippen molar-refractivity contribution in [1.29, 1.82) is 0 Å². The van der Waals surface area contributed by atoms with E-state index in [1.54, 1.807) is 12.1 Å². The van der Waals surface area contributed by atoms with Gasteiger partial charge < -0.3 is 4.74 Å². The van der Waals surface area contributed by atoms with Crippen molar-refractivity contribution >= 4 is 23.1 Å². The molecule has 1 aromatic carbocycles. The van der Waals surface area contributed by atoms with Crippen LogP contribution in [-0.2, 0) is 16.0 Å². The van der Waals surface area contributed by atoms with Crippen LogP contribution in [0.5, 0.6) is 0 Å². The fraction of sp³-hybridized carbons (Fsp3) is 0.143. The molecule has 2 aromatic rings. The van der Waals surface area contributed by atoms with E-state index in [4.69, 9.17) is 0 Å². The molecule has 0 spiro atoms. The maximum Gasteiger partial charge on any atom is 0.310 e. The number of hydrogen-bond donors (Lipinski definition) is 0. The third-order valence-corrected chi connectivity index (χ3v) is 3.70. The number of benzene rings is 1. The first-order valence-corrected chi connectivity index (χ1v) is 6.48. The second kappa shape index (κ2) is 5.92. The SMILES string of the molecule is COC(=O)Cc1ccc(C(=O)c2ccc(F)c(F)c2)s1. The predicted octanol–water partition coefficient (Wildman–Crippen LogP) is 2.97. The van der Waals surface area contributed by atoms with Crippen LogP contribution < -0.4 is 0 Å². The van der Waals surface area contributed by atoms with E-state index in [2.05, 4.69) is 4.74 Å². The van der Waals surface area contributed by atoms with Crippen molar-refractivity contribution < 1.29 is 23.1 Å². The second-order valence-corrected chi connectivity index (χ2v) is 5.15. The second-order valence-electron chi connectivity index (χ2n) is 3.98.